The van der Waals surface area contributed by atoms with E-state index < -0.39 is 23.9 Å². The molecule has 13 nitrogen and oxygen atoms in total. The molecule has 2 aliphatic rings. The third kappa shape index (κ3) is 4.51. The summed E-state index contributed by atoms with van der Waals surface area (Å²) >= 11 is 0. The Hall–Kier alpha value is -4.29. The van der Waals surface area contributed by atoms with Crippen molar-refractivity contribution in [2.24, 2.45) is 0 Å². The molecule has 0 aliphatic carbocycles. The molecule has 2 aliphatic heterocycles. The van der Waals surface area contributed by atoms with Crippen molar-refractivity contribution in [1.82, 2.24) is 15.3 Å². The number of nitrogens with zero attached hydrogens (tertiary/aromatic N) is 3. The Kier molecular flexibility index (Phi) is 5.77. The zero-order valence-corrected chi connectivity index (χ0v) is 17.4. The normalized spacial score (nSPS) is 17.5. The van der Waals surface area contributed by atoms with Gasteiger partial charge in [0.2, 0.25) is 5.95 Å². The standard InChI is InChI=1S/C20H23N7O6/c21-20-24-16-15(18(31)25-20)27-9-26(8-12(27)7-22-16)11-3-1-10(2-4-11)17(30)23-13(19(32)33)5-6-14(28)29/h1-4,12-13H,5-9H2,(H,23,30)(H,28,29)(H,32,33)(H4,21,22,24,25,31)/t12-,13+/m1/s1. The zero-order chi connectivity index (χ0) is 23.7. The van der Waals surface area contributed by atoms with E-state index in [1.807, 2.05) is 9.80 Å². The minimum atomic E-state index is -1.30. The number of carboxylic acid groups (broad SMARTS) is 2. The fourth-order valence-electron chi connectivity index (χ4n) is 4.00. The van der Waals surface area contributed by atoms with Gasteiger partial charge in [0.1, 0.15) is 11.7 Å². The number of nitrogen functional groups attached to an aromatic ring is 1. The molecule has 1 aromatic carbocycles. The first kappa shape index (κ1) is 21.9. The van der Waals surface area contributed by atoms with Crippen LogP contribution in [0.3, 0.4) is 0 Å². The molecule has 1 fully saturated rings. The summed E-state index contributed by atoms with van der Waals surface area (Å²) in [6.45, 7) is 1.67. The molecule has 0 unspecified atom stereocenters. The Balaban J connectivity index is 1.45. The molecule has 4 rings (SSSR count). The third-order valence-corrected chi connectivity index (χ3v) is 5.65. The van der Waals surface area contributed by atoms with Gasteiger partial charge < -0.3 is 36.4 Å². The number of fused-ring (bicyclic) bond motifs is 3. The predicted octanol–water partition coefficient (Wildman–Crippen LogP) is -0.522. The maximum Gasteiger partial charge on any atom is 0.326 e. The van der Waals surface area contributed by atoms with Gasteiger partial charge in [-0.15, -0.1) is 0 Å². The first-order chi connectivity index (χ1) is 15.7. The van der Waals surface area contributed by atoms with Gasteiger partial charge >= 0.3 is 11.9 Å². The molecule has 2 aromatic rings. The number of rotatable bonds is 7. The van der Waals surface area contributed by atoms with Crippen LogP contribution in [0.5, 0.6) is 0 Å². The largest absolute Gasteiger partial charge is 0.481 e. The second-order valence-electron chi connectivity index (χ2n) is 7.86. The Morgan fingerprint density at radius 2 is 1.97 bits per heavy atom. The minimum Gasteiger partial charge on any atom is -0.481 e. The van der Waals surface area contributed by atoms with Crippen molar-refractivity contribution >= 4 is 41.0 Å². The molecule has 0 radical (unpaired) electrons. The summed E-state index contributed by atoms with van der Waals surface area (Å²) in [5.74, 6) is -2.55. The Bertz CT molecular complexity index is 1150. The van der Waals surface area contributed by atoms with Crippen LogP contribution in [0, 0.1) is 0 Å². The van der Waals surface area contributed by atoms with Gasteiger partial charge in [0.25, 0.3) is 11.5 Å². The van der Waals surface area contributed by atoms with Gasteiger partial charge in [0.05, 0.1) is 12.7 Å². The summed E-state index contributed by atoms with van der Waals surface area (Å²) in [6, 6.07) is 5.35. The van der Waals surface area contributed by atoms with Crippen molar-refractivity contribution in [3.8, 4) is 0 Å². The van der Waals surface area contributed by atoms with Crippen LogP contribution in [0.15, 0.2) is 29.1 Å². The molecule has 1 saturated heterocycles. The molecule has 0 spiro atoms. The van der Waals surface area contributed by atoms with Crippen LogP contribution in [0.25, 0.3) is 0 Å². The van der Waals surface area contributed by atoms with E-state index >= 15 is 0 Å². The van der Waals surface area contributed by atoms with E-state index in [0.29, 0.717) is 31.3 Å². The summed E-state index contributed by atoms with van der Waals surface area (Å²) < 4.78 is 0. The summed E-state index contributed by atoms with van der Waals surface area (Å²) in [5, 5.41) is 23.4. The Morgan fingerprint density at radius 1 is 1.24 bits per heavy atom. The Morgan fingerprint density at radius 3 is 2.64 bits per heavy atom. The van der Waals surface area contributed by atoms with Gasteiger partial charge in [-0.2, -0.15) is 4.98 Å². The van der Waals surface area contributed by atoms with E-state index in [1.165, 1.54) is 0 Å². The van der Waals surface area contributed by atoms with Crippen LogP contribution in [0.4, 0.5) is 23.1 Å². The summed E-state index contributed by atoms with van der Waals surface area (Å²) in [7, 11) is 0. The molecule has 1 amide bonds. The number of carbonyl (C=O) groups excluding carboxylic acids is 1. The molecule has 0 saturated carbocycles. The number of benzene rings is 1. The SMILES string of the molecule is Nc1nc2c(c(=O)[nH]1)N1CN(c3ccc(C(=O)N[C@@H](CCC(=O)O)C(=O)O)cc3)C[C@H]1CN2. The number of nitrogens with two attached hydrogens (primary N) is 1. The lowest BCUT2D eigenvalue weighted by Crippen LogP contribution is -2.44. The monoisotopic (exact) mass is 457 g/mol. The van der Waals surface area contributed by atoms with Crippen molar-refractivity contribution in [3.63, 3.8) is 0 Å². The van der Waals surface area contributed by atoms with E-state index in [1.54, 1.807) is 24.3 Å². The number of anilines is 4. The van der Waals surface area contributed by atoms with Gasteiger partial charge in [0.15, 0.2) is 5.82 Å². The van der Waals surface area contributed by atoms with Gasteiger partial charge in [-0.1, -0.05) is 0 Å². The van der Waals surface area contributed by atoms with Crippen LogP contribution in [0.2, 0.25) is 0 Å². The third-order valence-electron chi connectivity index (χ3n) is 5.65. The van der Waals surface area contributed by atoms with Crippen molar-refractivity contribution in [3.05, 3.63) is 40.2 Å². The van der Waals surface area contributed by atoms with Gasteiger partial charge in [-0.3, -0.25) is 19.4 Å². The Labute approximate surface area is 187 Å². The zero-order valence-electron chi connectivity index (χ0n) is 17.4. The topological polar surface area (TPSA) is 194 Å². The molecule has 1 aromatic heterocycles. The van der Waals surface area contributed by atoms with E-state index in [-0.39, 0.29) is 36.0 Å². The molecule has 0 bridgehead atoms. The molecule has 7 N–H and O–H groups in total. The number of aromatic nitrogens is 2. The van der Waals surface area contributed by atoms with E-state index in [4.69, 9.17) is 10.8 Å². The molecular formula is C20H23N7O6. The van der Waals surface area contributed by atoms with Gasteiger partial charge in [-0.05, 0) is 30.7 Å². The maximum atomic E-state index is 12.4. The van der Waals surface area contributed by atoms with Crippen molar-refractivity contribution in [2.75, 3.05) is 40.6 Å². The molecular weight excluding hydrogens is 434 g/mol. The average Bonchev–Trinajstić information content (AvgIpc) is 3.20. The summed E-state index contributed by atoms with van der Waals surface area (Å²) in [6.07, 6.45) is -0.583. The number of hydrogen-bond donors (Lipinski definition) is 6. The van der Waals surface area contributed by atoms with Crippen molar-refractivity contribution in [2.45, 2.75) is 24.9 Å². The second-order valence-corrected chi connectivity index (χ2v) is 7.86. The molecule has 2 atom stereocenters. The molecule has 3 heterocycles. The number of aliphatic carboxylic acids is 2. The highest BCUT2D eigenvalue weighted by Gasteiger charge is 2.37. The highest BCUT2D eigenvalue weighted by Crippen LogP contribution is 2.32. The van der Waals surface area contributed by atoms with Crippen LogP contribution < -0.4 is 31.7 Å². The number of carbonyl (C=O) groups is 3. The second kappa shape index (κ2) is 8.68. The minimum absolute atomic E-state index is 0.0394. The number of carboxylic acids is 2. The molecule has 13 heteroatoms. The summed E-state index contributed by atoms with van der Waals surface area (Å²) in [4.78, 5) is 57.5. The highest BCUT2D eigenvalue weighted by molar-refractivity contribution is 5.97. The first-order valence-electron chi connectivity index (χ1n) is 10.2. The van der Waals surface area contributed by atoms with Crippen LogP contribution in [0.1, 0.15) is 23.2 Å². The maximum absolute atomic E-state index is 12.4. The fourth-order valence-corrected chi connectivity index (χ4v) is 4.00. The number of amides is 1. The van der Waals surface area contributed by atoms with Gasteiger partial charge in [-0.25, -0.2) is 4.79 Å². The predicted molar refractivity (Wildman–Crippen MR) is 118 cm³/mol. The van der Waals surface area contributed by atoms with Crippen LogP contribution in [-0.2, 0) is 9.59 Å². The lowest BCUT2D eigenvalue weighted by atomic mass is 10.1. The quantitative estimate of drug-likeness (QED) is 0.313. The number of nitrogens with one attached hydrogen (secondary N) is 3. The number of hydrogen-bond acceptors (Lipinski definition) is 9. The summed E-state index contributed by atoms with van der Waals surface area (Å²) in [5.41, 5.74) is 6.81. The fraction of sp³-hybridized carbons (Fsp3) is 0.350. The first-order valence-corrected chi connectivity index (χ1v) is 10.2. The highest BCUT2D eigenvalue weighted by atomic mass is 16.4. The van der Waals surface area contributed by atoms with Crippen molar-refractivity contribution < 1.29 is 24.6 Å². The van der Waals surface area contributed by atoms with E-state index in [0.717, 1.165) is 5.69 Å². The lowest BCUT2D eigenvalue weighted by molar-refractivity contribution is -0.140. The number of H-pyrrole nitrogens is 1. The molecule has 33 heavy (non-hydrogen) atoms. The smallest absolute Gasteiger partial charge is 0.326 e. The van der Waals surface area contributed by atoms with Crippen LogP contribution >= 0.6 is 0 Å². The van der Waals surface area contributed by atoms with E-state index in [9.17, 15) is 24.3 Å². The lowest BCUT2D eigenvalue weighted by Gasteiger charge is -2.31. The van der Waals surface area contributed by atoms with Crippen LogP contribution in [-0.4, -0.2) is 69.9 Å². The van der Waals surface area contributed by atoms with E-state index in [2.05, 4.69) is 20.6 Å². The molecule has 174 valence electrons. The van der Waals surface area contributed by atoms with Gasteiger partial charge in [0, 0.05) is 30.8 Å². The average molecular weight is 457 g/mol. The van der Waals surface area contributed by atoms with Crippen molar-refractivity contribution in [1.29, 1.82) is 0 Å². The number of aromatic amines is 1.